The van der Waals surface area contributed by atoms with E-state index >= 15 is 0 Å². The number of halogens is 2. The molecule has 0 bridgehead atoms. The van der Waals surface area contributed by atoms with Gasteiger partial charge >= 0.3 is 0 Å². The zero-order chi connectivity index (χ0) is 14.5. The van der Waals surface area contributed by atoms with Gasteiger partial charge < -0.3 is 11.1 Å². The Bertz CT molecular complexity index is 604. The Morgan fingerprint density at radius 3 is 2.60 bits per heavy atom. The van der Waals surface area contributed by atoms with Crippen LogP contribution in [-0.2, 0) is 4.79 Å². The monoisotopic (exact) mass is 400 g/mol. The molecule has 1 atom stereocenters. The molecular formula is C15H14ClIN2O. The van der Waals surface area contributed by atoms with Crippen molar-refractivity contribution in [2.45, 2.75) is 12.5 Å². The largest absolute Gasteiger partial charge is 0.325 e. The molecule has 1 unspecified atom stereocenters. The maximum atomic E-state index is 12.0. The molecular weight excluding hydrogens is 387 g/mol. The number of amides is 1. The predicted molar refractivity (Wildman–Crippen MR) is 90.8 cm³/mol. The van der Waals surface area contributed by atoms with Gasteiger partial charge in [0, 0.05) is 16.0 Å². The van der Waals surface area contributed by atoms with Gasteiger partial charge in [-0.15, -0.1) is 0 Å². The van der Waals surface area contributed by atoms with Gasteiger partial charge in [0.1, 0.15) is 0 Å². The second-order valence-electron chi connectivity index (χ2n) is 4.39. The second kappa shape index (κ2) is 7.06. The molecule has 0 saturated carbocycles. The molecule has 0 aliphatic rings. The summed E-state index contributed by atoms with van der Waals surface area (Å²) in [7, 11) is 0. The summed E-state index contributed by atoms with van der Waals surface area (Å²) in [5.41, 5.74) is 7.57. The Balaban J connectivity index is 1.99. The summed E-state index contributed by atoms with van der Waals surface area (Å²) in [5, 5.41) is 3.31. The van der Waals surface area contributed by atoms with Gasteiger partial charge in [0.15, 0.2) is 0 Å². The van der Waals surface area contributed by atoms with E-state index in [1.165, 1.54) is 0 Å². The van der Waals surface area contributed by atoms with Crippen molar-refractivity contribution in [2.24, 2.45) is 5.73 Å². The van der Waals surface area contributed by atoms with Crippen LogP contribution >= 0.6 is 34.2 Å². The fraction of sp³-hybridized carbons (Fsp3) is 0.133. The molecule has 0 radical (unpaired) electrons. The van der Waals surface area contributed by atoms with Gasteiger partial charge in [-0.2, -0.15) is 0 Å². The lowest BCUT2D eigenvalue weighted by Gasteiger charge is -2.13. The van der Waals surface area contributed by atoms with Crippen LogP contribution in [0.4, 0.5) is 5.69 Å². The first-order valence-electron chi connectivity index (χ1n) is 6.11. The Hall–Kier alpha value is -1.11. The van der Waals surface area contributed by atoms with Crippen LogP contribution in [0.1, 0.15) is 18.0 Å². The number of carbonyl (C=O) groups is 1. The maximum Gasteiger partial charge on any atom is 0.226 e. The molecule has 3 nitrogen and oxygen atoms in total. The summed E-state index contributed by atoms with van der Waals surface area (Å²) in [6.07, 6.45) is 0.215. The lowest BCUT2D eigenvalue weighted by atomic mass is 10.0. The number of hydrogen-bond acceptors (Lipinski definition) is 2. The molecule has 104 valence electrons. The standard InChI is InChI=1S/C15H14ClIN2O/c16-12-8-11(17)6-7-14(12)19-15(20)9-13(18)10-4-2-1-3-5-10/h1-8,13H,9,18H2,(H,19,20). The van der Waals surface area contributed by atoms with E-state index in [0.717, 1.165) is 9.13 Å². The normalized spacial score (nSPS) is 11.9. The van der Waals surface area contributed by atoms with Crippen LogP contribution in [-0.4, -0.2) is 5.91 Å². The van der Waals surface area contributed by atoms with Crippen LogP contribution < -0.4 is 11.1 Å². The van der Waals surface area contributed by atoms with E-state index in [-0.39, 0.29) is 18.4 Å². The lowest BCUT2D eigenvalue weighted by molar-refractivity contribution is -0.116. The summed E-state index contributed by atoms with van der Waals surface area (Å²) in [4.78, 5) is 12.0. The molecule has 0 saturated heterocycles. The predicted octanol–water partition coefficient (Wildman–Crippen LogP) is 3.97. The van der Waals surface area contributed by atoms with Gasteiger partial charge in [-0.1, -0.05) is 41.9 Å². The summed E-state index contributed by atoms with van der Waals surface area (Å²) in [6.45, 7) is 0. The van der Waals surface area contributed by atoms with Crippen molar-refractivity contribution in [2.75, 3.05) is 5.32 Å². The zero-order valence-corrected chi connectivity index (χ0v) is 13.6. The molecule has 2 rings (SSSR count). The Kier molecular flexibility index (Phi) is 5.39. The molecule has 20 heavy (non-hydrogen) atoms. The van der Waals surface area contributed by atoms with Gasteiger partial charge in [0.2, 0.25) is 5.91 Å². The van der Waals surface area contributed by atoms with Crippen LogP contribution in [0.3, 0.4) is 0 Å². The third kappa shape index (κ3) is 4.19. The molecule has 0 aliphatic carbocycles. The first-order valence-corrected chi connectivity index (χ1v) is 7.57. The van der Waals surface area contributed by atoms with E-state index in [2.05, 4.69) is 27.9 Å². The van der Waals surface area contributed by atoms with Crippen molar-refractivity contribution in [3.8, 4) is 0 Å². The van der Waals surface area contributed by atoms with Crippen molar-refractivity contribution >= 4 is 45.8 Å². The smallest absolute Gasteiger partial charge is 0.226 e. The van der Waals surface area contributed by atoms with Crippen molar-refractivity contribution in [1.82, 2.24) is 0 Å². The highest BCUT2D eigenvalue weighted by molar-refractivity contribution is 14.1. The highest BCUT2D eigenvalue weighted by Gasteiger charge is 2.12. The third-order valence-electron chi connectivity index (χ3n) is 2.84. The third-order valence-corrected chi connectivity index (χ3v) is 3.82. The van der Waals surface area contributed by atoms with Gasteiger partial charge in [0.25, 0.3) is 0 Å². The number of rotatable bonds is 4. The Morgan fingerprint density at radius 2 is 1.95 bits per heavy atom. The quantitative estimate of drug-likeness (QED) is 0.763. The summed E-state index contributed by atoms with van der Waals surface area (Å²) >= 11 is 8.24. The van der Waals surface area contributed by atoms with Crippen LogP contribution in [0.2, 0.25) is 5.02 Å². The molecule has 2 aromatic rings. The van der Waals surface area contributed by atoms with Crippen molar-refractivity contribution in [1.29, 1.82) is 0 Å². The average Bonchev–Trinajstić information content (AvgIpc) is 2.43. The van der Waals surface area contributed by atoms with Crippen LogP contribution in [0, 0.1) is 3.57 Å². The van der Waals surface area contributed by atoms with E-state index in [1.54, 1.807) is 12.1 Å². The zero-order valence-electron chi connectivity index (χ0n) is 10.6. The highest BCUT2D eigenvalue weighted by atomic mass is 127. The van der Waals surface area contributed by atoms with E-state index in [1.807, 2.05) is 36.4 Å². The lowest BCUT2D eigenvalue weighted by Crippen LogP contribution is -2.20. The maximum absolute atomic E-state index is 12.0. The number of benzene rings is 2. The Labute approximate surface area is 136 Å². The van der Waals surface area contributed by atoms with Crippen molar-refractivity contribution in [3.05, 3.63) is 62.7 Å². The van der Waals surface area contributed by atoms with Gasteiger partial charge in [0.05, 0.1) is 10.7 Å². The van der Waals surface area contributed by atoms with Crippen LogP contribution in [0.15, 0.2) is 48.5 Å². The van der Waals surface area contributed by atoms with Gasteiger partial charge in [-0.3, -0.25) is 4.79 Å². The fourth-order valence-corrected chi connectivity index (χ4v) is 2.71. The van der Waals surface area contributed by atoms with E-state index in [9.17, 15) is 4.79 Å². The minimum atomic E-state index is -0.321. The molecule has 0 fully saturated rings. The van der Waals surface area contributed by atoms with Gasteiger partial charge in [-0.05, 0) is 46.4 Å². The molecule has 0 heterocycles. The first kappa shape index (κ1) is 15.3. The number of nitrogens with two attached hydrogens (primary N) is 1. The number of anilines is 1. The minimum Gasteiger partial charge on any atom is -0.325 e. The molecule has 2 aromatic carbocycles. The number of hydrogen-bond donors (Lipinski definition) is 2. The fourth-order valence-electron chi connectivity index (χ4n) is 1.81. The molecule has 5 heteroatoms. The van der Waals surface area contributed by atoms with E-state index in [0.29, 0.717) is 10.7 Å². The van der Waals surface area contributed by atoms with Crippen LogP contribution in [0.25, 0.3) is 0 Å². The van der Waals surface area contributed by atoms with Gasteiger partial charge in [-0.25, -0.2) is 0 Å². The molecule has 0 aliphatic heterocycles. The molecule has 3 N–H and O–H groups in total. The number of nitrogens with one attached hydrogen (secondary N) is 1. The van der Waals surface area contributed by atoms with Crippen molar-refractivity contribution < 1.29 is 4.79 Å². The summed E-state index contributed by atoms with van der Waals surface area (Å²) in [6, 6.07) is 14.7. The molecule has 0 aromatic heterocycles. The molecule has 0 spiro atoms. The second-order valence-corrected chi connectivity index (χ2v) is 6.05. The first-order chi connectivity index (χ1) is 9.56. The van der Waals surface area contributed by atoms with E-state index in [4.69, 9.17) is 17.3 Å². The number of carbonyl (C=O) groups excluding carboxylic acids is 1. The topological polar surface area (TPSA) is 55.1 Å². The highest BCUT2D eigenvalue weighted by Crippen LogP contribution is 2.24. The molecule has 1 amide bonds. The Morgan fingerprint density at radius 1 is 1.25 bits per heavy atom. The van der Waals surface area contributed by atoms with Crippen LogP contribution in [0.5, 0.6) is 0 Å². The SMILES string of the molecule is NC(CC(=O)Nc1ccc(I)cc1Cl)c1ccccc1. The summed E-state index contributed by atoms with van der Waals surface area (Å²) in [5.74, 6) is -0.149. The van der Waals surface area contributed by atoms with E-state index < -0.39 is 0 Å². The van der Waals surface area contributed by atoms with Crippen molar-refractivity contribution in [3.63, 3.8) is 0 Å². The average molecular weight is 401 g/mol. The summed E-state index contributed by atoms with van der Waals surface area (Å²) < 4.78 is 1.02. The minimum absolute atomic E-state index is 0.149.